The van der Waals surface area contributed by atoms with E-state index in [-0.39, 0.29) is 17.0 Å². The Kier molecular flexibility index (Phi) is 7.69. The minimum atomic E-state index is -0.394. The SMILES string of the molecule is CC[C@@H](Sc1nc2nccnc2c(=O)n1CCc1ccccc1)C(=O)NCc1ccc(C)cc1. The number of thioether (sulfide) groups is 1. The molecule has 0 unspecified atom stereocenters. The first-order chi connectivity index (χ1) is 16.5. The summed E-state index contributed by atoms with van der Waals surface area (Å²) in [6.45, 7) is 4.88. The maximum Gasteiger partial charge on any atom is 0.282 e. The van der Waals surface area contributed by atoms with Crippen LogP contribution in [0.1, 0.15) is 30.0 Å². The molecule has 2 aromatic heterocycles. The molecule has 1 N–H and O–H groups in total. The minimum Gasteiger partial charge on any atom is -0.351 e. The molecule has 0 radical (unpaired) electrons. The Labute approximate surface area is 202 Å². The van der Waals surface area contributed by atoms with Crippen molar-refractivity contribution < 1.29 is 4.79 Å². The lowest BCUT2D eigenvalue weighted by molar-refractivity contribution is -0.120. The van der Waals surface area contributed by atoms with E-state index in [2.05, 4.69) is 20.3 Å². The fourth-order valence-corrected chi connectivity index (χ4v) is 4.61. The van der Waals surface area contributed by atoms with Crippen LogP contribution in [-0.4, -0.2) is 30.7 Å². The summed E-state index contributed by atoms with van der Waals surface area (Å²) in [4.78, 5) is 39.3. The maximum absolute atomic E-state index is 13.3. The summed E-state index contributed by atoms with van der Waals surface area (Å²) in [5, 5.41) is 3.10. The van der Waals surface area contributed by atoms with Crippen molar-refractivity contribution in [2.75, 3.05) is 0 Å². The van der Waals surface area contributed by atoms with Crippen molar-refractivity contribution in [2.45, 2.75) is 50.2 Å². The van der Waals surface area contributed by atoms with Gasteiger partial charge in [0.1, 0.15) is 0 Å². The van der Waals surface area contributed by atoms with Gasteiger partial charge in [-0.25, -0.2) is 15.0 Å². The molecule has 0 bridgehead atoms. The van der Waals surface area contributed by atoms with Gasteiger partial charge in [0.25, 0.3) is 5.56 Å². The highest BCUT2D eigenvalue weighted by Gasteiger charge is 2.22. The monoisotopic (exact) mass is 473 g/mol. The van der Waals surface area contributed by atoms with Crippen LogP contribution in [0.2, 0.25) is 0 Å². The fraction of sp³-hybridized carbons (Fsp3) is 0.269. The molecule has 2 aromatic carbocycles. The van der Waals surface area contributed by atoms with Gasteiger partial charge in [0.15, 0.2) is 16.3 Å². The zero-order chi connectivity index (χ0) is 23.9. The molecular weight excluding hydrogens is 446 g/mol. The molecule has 0 spiro atoms. The van der Waals surface area contributed by atoms with Crippen LogP contribution < -0.4 is 10.9 Å². The third-order valence-corrected chi connectivity index (χ3v) is 6.88. The van der Waals surface area contributed by atoms with E-state index < -0.39 is 5.25 Å². The van der Waals surface area contributed by atoms with Crippen molar-refractivity contribution >= 4 is 28.8 Å². The van der Waals surface area contributed by atoms with Crippen molar-refractivity contribution in [2.24, 2.45) is 0 Å². The van der Waals surface area contributed by atoms with Crippen molar-refractivity contribution in [1.82, 2.24) is 24.8 Å². The molecule has 2 heterocycles. The molecule has 0 aliphatic carbocycles. The third-order valence-electron chi connectivity index (χ3n) is 5.52. The number of carbonyl (C=O) groups excluding carboxylic acids is 1. The van der Waals surface area contributed by atoms with Gasteiger partial charge in [0.05, 0.1) is 5.25 Å². The predicted molar refractivity (Wildman–Crippen MR) is 135 cm³/mol. The lowest BCUT2D eigenvalue weighted by Gasteiger charge is -2.18. The summed E-state index contributed by atoms with van der Waals surface area (Å²) in [5.41, 5.74) is 3.62. The third kappa shape index (κ3) is 5.69. The van der Waals surface area contributed by atoms with E-state index in [0.717, 1.165) is 11.1 Å². The van der Waals surface area contributed by atoms with Gasteiger partial charge in [-0.15, -0.1) is 0 Å². The number of aryl methyl sites for hydroxylation is 2. The number of fused-ring (bicyclic) bond motifs is 1. The summed E-state index contributed by atoms with van der Waals surface area (Å²) in [6, 6.07) is 18.0. The number of rotatable bonds is 9. The molecule has 1 amide bonds. The van der Waals surface area contributed by atoms with E-state index in [0.29, 0.717) is 36.7 Å². The lowest BCUT2D eigenvalue weighted by Crippen LogP contribution is -2.33. The van der Waals surface area contributed by atoms with Gasteiger partial charge in [-0.05, 0) is 30.9 Å². The van der Waals surface area contributed by atoms with Crippen LogP contribution in [0.5, 0.6) is 0 Å². The molecule has 8 heteroatoms. The number of benzene rings is 2. The fourth-order valence-electron chi connectivity index (χ4n) is 3.56. The highest BCUT2D eigenvalue weighted by molar-refractivity contribution is 8.00. The average molecular weight is 474 g/mol. The average Bonchev–Trinajstić information content (AvgIpc) is 2.87. The first-order valence-electron chi connectivity index (χ1n) is 11.3. The number of amides is 1. The highest BCUT2D eigenvalue weighted by atomic mass is 32.2. The standard InChI is InChI=1S/C26H27N5O2S/c1-3-21(24(32)29-17-20-11-9-18(2)10-12-20)34-26-30-23-22(27-14-15-28-23)25(33)31(26)16-13-19-7-5-4-6-8-19/h4-12,14-15,21H,3,13,16-17H2,1-2H3,(H,29,32)/t21-/m1/s1. The molecule has 0 aliphatic rings. The van der Waals surface area contributed by atoms with Crippen molar-refractivity contribution in [3.05, 3.63) is 94.0 Å². The van der Waals surface area contributed by atoms with Crippen LogP contribution in [0.4, 0.5) is 0 Å². The Morgan fingerprint density at radius 1 is 1.03 bits per heavy atom. The second kappa shape index (κ2) is 11.1. The largest absolute Gasteiger partial charge is 0.351 e. The summed E-state index contributed by atoms with van der Waals surface area (Å²) >= 11 is 1.30. The smallest absolute Gasteiger partial charge is 0.282 e. The number of hydrogen-bond acceptors (Lipinski definition) is 6. The van der Waals surface area contributed by atoms with Gasteiger partial charge in [0, 0.05) is 25.5 Å². The summed E-state index contributed by atoms with van der Waals surface area (Å²) < 4.78 is 1.62. The van der Waals surface area contributed by atoms with E-state index in [1.807, 2.05) is 68.4 Å². The molecule has 0 fully saturated rings. The Morgan fingerprint density at radius 2 is 1.76 bits per heavy atom. The molecule has 4 aromatic rings. The Hall–Kier alpha value is -3.52. The second-order valence-corrected chi connectivity index (χ2v) is 9.20. The first-order valence-corrected chi connectivity index (χ1v) is 12.2. The molecule has 0 saturated carbocycles. The number of hydrogen-bond donors (Lipinski definition) is 1. The van der Waals surface area contributed by atoms with E-state index in [9.17, 15) is 9.59 Å². The number of carbonyl (C=O) groups is 1. The molecule has 174 valence electrons. The van der Waals surface area contributed by atoms with Crippen molar-refractivity contribution in [3.8, 4) is 0 Å². The molecule has 34 heavy (non-hydrogen) atoms. The van der Waals surface area contributed by atoms with Crippen molar-refractivity contribution in [3.63, 3.8) is 0 Å². The lowest BCUT2D eigenvalue weighted by atomic mass is 10.1. The van der Waals surface area contributed by atoms with Crippen LogP contribution in [0.25, 0.3) is 11.2 Å². The topological polar surface area (TPSA) is 89.8 Å². The maximum atomic E-state index is 13.3. The predicted octanol–water partition coefficient (Wildman–Crippen LogP) is 3.92. The van der Waals surface area contributed by atoms with E-state index in [4.69, 9.17) is 0 Å². The van der Waals surface area contributed by atoms with Gasteiger partial charge in [-0.2, -0.15) is 0 Å². The molecular formula is C26H27N5O2S. The quantitative estimate of drug-likeness (QED) is 0.293. The van der Waals surface area contributed by atoms with Crippen LogP contribution in [0.15, 0.2) is 76.9 Å². The van der Waals surface area contributed by atoms with Gasteiger partial charge < -0.3 is 5.32 Å². The second-order valence-electron chi connectivity index (χ2n) is 8.03. The molecule has 7 nitrogen and oxygen atoms in total. The Morgan fingerprint density at radius 3 is 2.50 bits per heavy atom. The highest BCUT2D eigenvalue weighted by Crippen LogP contribution is 2.24. The molecule has 0 saturated heterocycles. The van der Waals surface area contributed by atoms with Crippen LogP contribution in [-0.2, 0) is 24.3 Å². The molecule has 0 aliphatic heterocycles. The Balaban J connectivity index is 1.57. The minimum absolute atomic E-state index is 0.0869. The van der Waals surface area contributed by atoms with Gasteiger partial charge in [0.2, 0.25) is 5.91 Å². The number of aromatic nitrogens is 4. The summed E-state index contributed by atoms with van der Waals surface area (Å²) in [6.07, 6.45) is 4.27. The van der Waals surface area contributed by atoms with E-state index in [1.54, 1.807) is 4.57 Å². The van der Waals surface area contributed by atoms with Gasteiger partial charge >= 0.3 is 0 Å². The summed E-state index contributed by atoms with van der Waals surface area (Å²) in [7, 11) is 0. The molecule has 4 rings (SSSR count). The van der Waals surface area contributed by atoms with Crippen LogP contribution in [0.3, 0.4) is 0 Å². The number of nitrogens with zero attached hydrogens (tertiary/aromatic N) is 4. The normalized spacial score (nSPS) is 11.9. The first kappa shape index (κ1) is 23.6. The molecule has 1 atom stereocenters. The number of nitrogens with one attached hydrogen (secondary N) is 1. The zero-order valence-corrected chi connectivity index (χ0v) is 20.1. The van der Waals surface area contributed by atoms with Crippen LogP contribution in [0, 0.1) is 6.92 Å². The summed E-state index contributed by atoms with van der Waals surface area (Å²) in [5.74, 6) is -0.0869. The van der Waals surface area contributed by atoms with E-state index in [1.165, 1.54) is 29.7 Å². The Bertz CT molecular complexity index is 1320. The van der Waals surface area contributed by atoms with Gasteiger partial charge in [-0.3, -0.25) is 14.2 Å². The van der Waals surface area contributed by atoms with E-state index >= 15 is 0 Å². The van der Waals surface area contributed by atoms with Gasteiger partial charge in [-0.1, -0.05) is 78.8 Å². The van der Waals surface area contributed by atoms with Crippen molar-refractivity contribution in [1.29, 1.82) is 0 Å². The zero-order valence-electron chi connectivity index (χ0n) is 19.3. The van der Waals surface area contributed by atoms with Crippen LogP contribution >= 0.6 is 11.8 Å².